The average Bonchev–Trinajstić information content (AvgIpc) is 2.36. The number of rotatable bonds is 4. The molecule has 0 unspecified atom stereocenters. The first-order valence-corrected chi connectivity index (χ1v) is 6.23. The number of hydrogen-bond acceptors (Lipinski definition) is 1. The van der Waals surface area contributed by atoms with Crippen molar-refractivity contribution in [1.29, 1.82) is 0 Å². The summed E-state index contributed by atoms with van der Waals surface area (Å²) in [6.45, 7) is 3.36. The van der Waals surface area contributed by atoms with Crippen LogP contribution in [-0.4, -0.2) is 0 Å². The van der Waals surface area contributed by atoms with Crippen LogP contribution in [0.5, 0.6) is 0 Å². The second-order valence-corrected chi connectivity index (χ2v) is 4.73. The molecule has 0 fully saturated rings. The molecule has 0 radical (unpaired) electrons. The molecule has 0 aliphatic heterocycles. The smallest absolute Gasteiger partial charge is 0.123 e. The molecule has 18 heavy (non-hydrogen) atoms. The van der Waals surface area contributed by atoms with E-state index < -0.39 is 0 Å². The zero-order valence-electron chi connectivity index (χ0n) is 10.2. The minimum Gasteiger partial charge on any atom is -0.309 e. The number of nitrogens with one attached hydrogen (secondary N) is 1. The van der Waals surface area contributed by atoms with Crippen molar-refractivity contribution in [3.63, 3.8) is 0 Å². The molecule has 0 aliphatic rings. The van der Waals surface area contributed by atoms with Gasteiger partial charge in [-0.3, -0.25) is 0 Å². The molecule has 1 N–H and O–H groups in total. The first-order chi connectivity index (χ1) is 8.65. The molecule has 3 heteroatoms. The van der Waals surface area contributed by atoms with Gasteiger partial charge >= 0.3 is 0 Å². The van der Waals surface area contributed by atoms with Crippen LogP contribution in [-0.2, 0) is 13.1 Å². The Labute approximate surface area is 112 Å². The molecule has 2 aromatic rings. The van der Waals surface area contributed by atoms with E-state index in [2.05, 4.69) is 36.5 Å². The molecule has 0 amide bonds. The van der Waals surface area contributed by atoms with Crippen molar-refractivity contribution in [3.8, 4) is 0 Å². The molecule has 2 aromatic carbocycles. The first kappa shape index (κ1) is 13.1. The van der Waals surface area contributed by atoms with E-state index in [1.54, 1.807) is 6.07 Å². The Kier molecular flexibility index (Phi) is 4.34. The standard InChI is InChI=1S/C15H15ClFN/c1-11-2-4-12(5-3-11)9-18-10-13-8-14(17)6-7-15(13)16/h2-8,18H,9-10H2,1H3. The van der Waals surface area contributed by atoms with E-state index in [4.69, 9.17) is 11.6 Å². The van der Waals surface area contributed by atoms with Gasteiger partial charge in [-0.25, -0.2) is 4.39 Å². The van der Waals surface area contributed by atoms with Crippen LogP contribution in [0.1, 0.15) is 16.7 Å². The summed E-state index contributed by atoms with van der Waals surface area (Å²) in [6.07, 6.45) is 0. The van der Waals surface area contributed by atoms with Crippen LogP contribution < -0.4 is 5.32 Å². The van der Waals surface area contributed by atoms with Crippen LogP contribution in [0.2, 0.25) is 5.02 Å². The minimum atomic E-state index is -0.258. The molecule has 1 nitrogen and oxygen atoms in total. The van der Waals surface area contributed by atoms with Crippen LogP contribution >= 0.6 is 11.6 Å². The van der Waals surface area contributed by atoms with Crippen LogP contribution in [0.15, 0.2) is 42.5 Å². The molecule has 0 spiro atoms. The van der Waals surface area contributed by atoms with E-state index in [0.717, 1.165) is 12.1 Å². The molecule has 0 saturated carbocycles. The monoisotopic (exact) mass is 263 g/mol. The molecular weight excluding hydrogens is 249 g/mol. The Morgan fingerprint density at radius 2 is 1.78 bits per heavy atom. The lowest BCUT2D eigenvalue weighted by molar-refractivity contribution is 0.620. The van der Waals surface area contributed by atoms with E-state index in [9.17, 15) is 4.39 Å². The maximum atomic E-state index is 13.1. The average molecular weight is 264 g/mol. The SMILES string of the molecule is Cc1ccc(CNCc2cc(F)ccc2Cl)cc1. The lowest BCUT2D eigenvalue weighted by Crippen LogP contribution is -2.13. The van der Waals surface area contributed by atoms with Gasteiger partial charge in [-0.1, -0.05) is 41.4 Å². The van der Waals surface area contributed by atoms with E-state index >= 15 is 0 Å². The lowest BCUT2D eigenvalue weighted by Gasteiger charge is -2.07. The van der Waals surface area contributed by atoms with E-state index in [1.165, 1.54) is 23.3 Å². The fourth-order valence-electron chi connectivity index (χ4n) is 1.73. The molecule has 0 bridgehead atoms. The van der Waals surface area contributed by atoms with Crippen LogP contribution in [0.4, 0.5) is 4.39 Å². The fraction of sp³-hybridized carbons (Fsp3) is 0.200. The summed E-state index contributed by atoms with van der Waals surface area (Å²) >= 11 is 5.99. The van der Waals surface area contributed by atoms with Crippen molar-refractivity contribution in [2.24, 2.45) is 0 Å². The Balaban J connectivity index is 1.92. The third-order valence-corrected chi connectivity index (χ3v) is 3.14. The number of hydrogen-bond donors (Lipinski definition) is 1. The maximum Gasteiger partial charge on any atom is 0.123 e. The third kappa shape index (κ3) is 3.56. The zero-order valence-corrected chi connectivity index (χ0v) is 11.0. The highest BCUT2D eigenvalue weighted by molar-refractivity contribution is 6.31. The number of aryl methyl sites for hydroxylation is 1. The van der Waals surface area contributed by atoms with Gasteiger partial charge in [0.25, 0.3) is 0 Å². The Bertz CT molecular complexity index is 523. The largest absolute Gasteiger partial charge is 0.309 e. The summed E-state index contributed by atoms with van der Waals surface area (Å²) in [7, 11) is 0. The fourth-order valence-corrected chi connectivity index (χ4v) is 1.91. The first-order valence-electron chi connectivity index (χ1n) is 5.85. The van der Waals surface area contributed by atoms with Gasteiger partial charge < -0.3 is 5.32 Å². The summed E-state index contributed by atoms with van der Waals surface area (Å²) in [4.78, 5) is 0. The quantitative estimate of drug-likeness (QED) is 0.877. The molecule has 94 valence electrons. The lowest BCUT2D eigenvalue weighted by atomic mass is 10.1. The Morgan fingerprint density at radius 1 is 1.06 bits per heavy atom. The van der Waals surface area contributed by atoms with Crippen molar-refractivity contribution < 1.29 is 4.39 Å². The van der Waals surface area contributed by atoms with Gasteiger partial charge in [-0.2, -0.15) is 0 Å². The number of benzene rings is 2. The van der Waals surface area contributed by atoms with Crippen molar-refractivity contribution >= 4 is 11.6 Å². The van der Waals surface area contributed by atoms with Crippen molar-refractivity contribution in [3.05, 3.63) is 70.0 Å². The summed E-state index contributed by atoms with van der Waals surface area (Å²) in [5.74, 6) is -0.258. The van der Waals surface area contributed by atoms with Crippen molar-refractivity contribution in [2.75, 3.05) is 0 Å². The van der Waals surface area contributed by atoms with E-state index in [-0.39, 0.29) is 5.82 Å². The Hall–Kier alpha value is -1.38. The topological polar surface area (TPSA) is 12.0 Å². The van der Waals surface area contributed by atoms with Crippen molar-refractivity contribution in [1.82, 2.24) is 5.32 Å². The Morgan fingerprint density at radius 3 is 2.50 bits per heavy atom. The highest BCUT2D eigenvalue weighted by Gasteiger charge is 2.01. The molecule has 2 rings (SSSR count). The van der Waals surface area contributed by atoms with Gasteiger partial charge in [0.1, 0.15) is 5.82 Å². The predicted molar refractivity (Wildman–Crippen MR) is 73.1 cm³/mol. The van der Waals surface area contributed by atoms with Gasteiger partial charge in [-0.05, 0) is 36.2 Å². The number of halogens is 2. The van der Waals surface area contributed by atoms with Crippen molar-refractivity contribution in [2.45, 2.75) is 20.0 Å². The predicted octanol–water partition coefficient (Wildman–Crippen LogP) is 4.08. The van der Waals surface area contributed by atoms with Gasteiger partial charge in [0.05, 0.1) is 0 Å². The maximum absolute atomic E-state index is 13.1. The second kappa shape index (κ2) is 5.98. The van der Waals surface area contributed by atoms with Crippen LogP contribution in [0.3, 0.4) is 0 Å². The summed E-state index contributed by atoms with van der Waals surface area (Å²) < 4.78 is 13.1. The van der Waals surface area contributed by atoms with Gasteiger partial charge in [0.15, 0.2) is 0 Å². The van der Waals surface area contributed by atoms with Gasteiger partial charge in [-0.15, -0.1) is 0 Å². The third-order valence-electron chi connectivity index (χ3n) is 2.77. The molecule has 0 saturated heterocycles. The highest BCUT2D eigenvalue weighted by atomic mass is 35.5. The molecule has 0 atom stereocenters. The summed E-state index contributed by atoms with van der Waals surface area (Å²) in [5, 5.41) is 3.84. The van der Waals surface area contributed by atoms with E-state index in [1.807, 2.05) is 0 Å². The zero-order chi connectivity index (χ0) is 13.0. The molecule has 0 aliphatic carbocycles. The highest BCUT2D eigenvalue weighted by Crippen LogP contribution is 2.16. The summed E-state index contributed by atoms with van der Waals surface area (Å²) in [6, 6.07) is 12.7. The van der Waals surface area contributed by atoms with Gasteiger partial charge in [0.2, 0.25) is 0 Å². The normalized spacial score (nSPS) is 10.6. The summed E-state index contributed by atoms with van der Waals surface area (Å²) in [5.41, 5.74) is 3.23. The second-order valence-electron chi connectivity index (χ2n) is 4.32. The minimum absolute atomic E-state index is 0.258. The molecule has 0 heterocycles. The molecular formula is C15H15ClFN. The van der Waals surface area contributed by atoms with Crippen LogP contribution in [0, 0.1) is 12.7 Å². The van der Waals surface area contributed by atoms with E-state index in [0.29, 0.717) is 11.6 Å². The van der Waals surface area contributed by atoms with Gasteiger partial charge in [0, 0.05) is 18.1 Å². The molecule has 0 aromatic heterocycles. The van der Waals surface area contributed by atoms with Crippen LogP contribution in [0.25, 0.3) is 0 Å².